The van der Waals surface area contributed by atoms with E-state index in [1.807, 2.05) is 0 Å². The number of hydrogen-bond donors (Lipinski definition) is 1. The summed E-state index contributed by atoms with van der Waals surface area (Å²) in [5.74, 6) is 1.70. The molecule has 0 bridgehead atoms. The van der Waals surface area contributed by atoms with Crippen LogP contribution in [-0.2, 0) is 4.74 Å². The standard InChI is InChI=1S/C20H22ClN3O4/c1-27-19(26)12-2-4-16(5-3-12)28-18-7-14-11-24(10-13(14)6-17(18)25)20-22-8-15(21)9-23-20/h2-5,8-9,13-14,17-18,25H,6-7,10-11H2,1H3/t13-,14+,17-,18-/m0/s1. The predicted octanol–water partition coefficient (Wildman–Crippen LogP) is 2.57. The molecule has 0 radical (unpaired) electrons. The molecule has 1 N–H and O–H groups in total. The van der Waals surface area contributed by atoms with Crippen molar-refractivity contribution >= 4 is 23.5 Å². The lowest BCUT2D eigenvalue weighted by Crippen LogP contribution is -2.42. The molecule has 1 aliphatic carbocycles. The fourth-order valence-corrected chi connectivity index (χ4v) is 4.21. The molecule has 0 amide bonds. The number of fused-ring (bicyclic) bond motifs is 1. The maximum Gasteiger partial charge on any atom is 0.337 e. The summed E-state index contributed by atoms with van der Waals surface area (Å²) < 4.78 is 10.7. The van der Waals surface area contributed by atoms with Crippen LogP contribution in [0.4, 0.5) is 5.95 Å². The number of aliphatic hydroxyl groups excluding tert-OH is 1. The minimum Gasteiger partial charge on any atom is -0.488 e. The summed E-state index contributed by atoms with van der Waals surface area (Å²) in [5, 5.41) is 11.1. The number of esters is 1. The van der Waals surface area contributed by atoms with E-state index in [1.54, 1.807) is 36.7 Å². The second-order valence-corrected chi connectivity index (χ2v) is 7.77. The van der Waals surface area contributed by atoms with Gasteiger partial charge >= 0.3 is 5.97 Å². The number of aliphatic hydroxyl groups is 1. The SMILES string of the molecule is COC(=O)c1ccc(O[C@H]2C[C@@H]3CN(c4ncc(Cl)cn4)C[C@@H]3C[C@@H]2O)cc1. The van der Waals surface area contributed by atoms with Crippen molar-refractivity contribution in [3.8, 4) is 5.75 Å². The number of carbonyl (C=O) groups is 1. The van der Waals surface area contributed by atoms with Crippen LogP contribution in [0.3, 0.4) is 0 Å². The lowest BCUT2D eigenvalue weighted by atomic mass is 9.78. The van der Waals surface area contributed by atoms with E-state index < -0.39 is 6.10 Å². The third-order valence-electron chi connectivity index (χ3n) is 5.54. The number of hydrogen-bond acceptors (Lipinski definition) is 7. The maximum absolute atomic E-state index is 11.5. The lowest BCUT2D eigenvalue weighted by Gasteiger charge is -2.35. The van der Waals surface area contributed by atoms with Gasteiger partial charge in [0.2, 0.25) is 5.95 Å². The molecule has 4 rings (SSSR count). The molecule has 7 nitrogen and oxygen atoms in total. The smallest absolute Gasteiger partial charge is 0.337 e. The van der Waals surface area contributed by atoms with Gasteiger partial charge in [-0.1, -0.05) is 11.6 Å². The molecule has 1 saturated heterocycles. The molecule has 2 aliphatic rings. The summed E-state index contributed by atoms with van der Waals surface area (Å²) in [7, 11) is 1.35. The van der Waals surface area contributed by atoms with Gasteiger partial charge in [-0.3, -0.25) is 0 Å². The van der Waals surface area contributed by atoms with E-state index in [4.69, 9.17) is 21.1 Å². The molecule has 148 valence electrons. The van der Waals surface area contributed by atoms with Gasteiger partial charge in [-0.05, 0) is 48.9 Å². The molecule has 28 heavy (non-hydrogen) atoms. The molecule has 2 aromatic rings. The molecule has 0 unspecified atom stereocenters. The normalized spacial score (nSPS) is 26.6. The van der Waals surface area contributed by atoms with Crippen molar-refractivity contribution in [2.24, 2.45) is 11.8 Å². The van der Waals surface area contributed by atoms with Gasteiger partial charge in [-0.25, -0.2) is 14.8 Å². The van der Waals surface area contributed by atoms with Crippen LogP contribution in [0.5, 0.6) is 5.75 Å². The van der Waals surface area contributed by atoms with Crippen molar-refractivity contribution in [2.75, 3.05) is 25.1 Å². The van der Waals surface area contributed by atoms with E-state index in [0.717, 1.165) is 19.5 Å². The van der Waals surface area contributed by atoms with Crippen LogP contribution >= 0.6 is 11.6 Å². The van der Waals surface area contributed by atoms with E-state index in [0.29, 0.717) is 40.5 Å². The predicted molar refractivity (Wildman–Crippen MR) is 104 cm³/mol. The van der Waals surface area contributed by atoms with Gasteiger partial charge in [0.25, 0.3) is 0 Å². The summed E-state index contributed by atoms with van der Waals surface area (Å²) in [4.78, 5) is 22.3. The molecule has 1 aromatic carbocycles. The van der Waals surface area contributed by atoms with Gasteiger partial charge in [0.1, 0.15) is 11.9 Å². The number of nitrogens with zero attached hydrogens (tertiary/aromatic N) is 3. The number of rotatable bonds is 4. The molecule has 4 atom stereocenters. The first-order valence-electron chi connectivity index (χ1n) is 9.29. The Labute approximate surface area is 168 Å². The van der Waals surface area contributed by atoms with Crippen LogP contribution in [0, 0.1) is 11.8 Å². The van der Waals surface area contributed by atoms with Crippen molar-refractivity contribution in [1.82, 2.24) is 9.97 Å². The molecule has 1 saturated carbocycles. The van der Waals surface area contributed by atoms with Gasteiger partial charge in [-0.15, -0.1) is 0 Å². The molecule has 2 heterocycles. The third-order valence-corrected chi connectivity index (χ3v) is 5.73. The Balaban J connectivity index is 1.40. The zero-order valence-electron chi connectivity index (χ0n) is 15.5. The zero-order valence-corrected chi connectivity index (χ0v) is 16.2. The van der Waals surface area contributed by atoms with Crippen molar-refractivity contribution in [3.05, 3.63) is 47.2 Å². The fourth-order valence-electron chi connectivity index (χ4n) is 4.11. The Morgan fingerprint density at radius 2 is 1.79 bits per heavy atom. The Bertz CT molecular complexity index is 830. The van der Waals surface area contributed by atoms with Gasteiger partial charge < -0.3 is 19.5 Å². The number of ether oxygens (including phenoxy) is 2. The highest BCUT2D eigenvalue weighted by Gasteiger charge is 2.43. The monoisotopic (exact) mass is 403 g/mol. The summed E-state index contributed by atoms with van der Waals surface area (Å²) in [6.07, 6.45) is 3.83. The number of halogens is 1. The molecule has 1 aliphatic heterocycles. The second-order valence-electron chi connectivity index (χ2n) is 7.34. The van der Waals surface area contributed by atoms with Crippen molar-refractivity contribution in [2.45, 2.75) is 25.0 Å². The highest BCUT2D eigenvalue weighted by Crippen LogP contribution is 2.39. The van der Waals surface area contributed by atoms with Crippen molar-refractivity contribution < 1.29 is 19.4 Å². The maximum atomic E-state index is 11.5. The number of benzene rings is 1. The summed E-state index contributed by atoms with van der Waals surface area (Å²) in [6.45, 7) is 1.66. The van der Waals surface area contributed by atoms with E-state index in [1.165, 1.54) is 7.11 Å². The molecule has 2 fully saturated rings. The fraction of sp³-hybridized carbons (Fsp3) is 0.450. The highest BCUT2D eigenvalue weighted by molar-refractivity contribution is 6.30. The number of methoxy groups -OCH3 is 1. The minimum atomic E-state index is -0.535. The van der Waals surface area contributed by atoms with Gasteiger partial charge in [0, 0.05) is 13.1 Å². The molecule has 1 aromatic heterocycles. The summed E-state index contributed by atoms with van der Waals surface area (Å²) in [5.41, 5.74) is 0.466. The minimum absolute atomic E-state index is 0.281. The van der Waals surface area contributed by atoms with Gasteiger partial charge in [-0.2, -0.15) is 0 Å². The number of aromatic nitrogens is 2. The Morgan fingerprint density at radius 3 is 2.43 bits per heavy atom. The van der Waals surface area contributed by atoms with E-state index in [2.05, 4.69) is 14.9 Å². The summed E-state index contributed by atoms with van der Waals surface area (Å²) >= 11 is 5.87. The van der Waals surface area contributed by atoms with Crippen molar-refractivity contribution in [1.29, 1.82) is 0 Å². The Morgan fingerprint density at radius 1 is 1.14 bits per heavy atom. The molecular formula is C20H22ClN3O4. The molecular weight excluding hydrogens is 382 g/mol. The van der Waals surface area contributed by atoms with E-state index in [-0.39, 0.29) is 12.1 Å². The average Bonchev–Trinajstić information content (AvgIpc) is 3.11. The van der Waals surface area contributed by atoms with Crippen molar-refractivity contribution in [3.63, 3.8) is 0 Å². The zero-order chi connectivity index (χ0) is 19.7. The first-order valence-corrected chi connectivity index (χ1v) is 9.67. The quantitative estimate of drug-likeness (QED) is 0.785. The topological polar surface area (TPSA) is 84.8 Å². The Hall–Kier alpha value is -2.38. The van der Waals surface area contributed by atoms with E-state index in [9.17, 15) is 9.90 Å². The van der Waals surface area contributed by atoms with Crippen LogP contribution in [-0.4, -0.2) is 53.5 Å². The van der Waals surface area contributed by atoms with Crippen LogP contribution in [0.15, 0.2) is 36.7 Å². The lowest BCUT2D eigenvalue weighted by molar-refractivity contribution is -0.0231. The second kappa shape index (κ2) is 7.93. The molecule has 8 heteroatoms. The first-order chi connectivity index (χ1) is 13.5. The van der Waals surface area contributed by atoms with Gasteiger partial charge in [0.05, 0.1) is 36.2 Å². The van der Waals surface area contributed by atoms with Crippen LogP contribution in [0.1, 0.15) is 23.2 Å². The largest absolute Gasteiger partial charge is 0.488 e. The third kappa shape index (κ3) is 3.91. The first kappa shape index (κ1) is 19.0. The average molecular weight is 404 g/mol. The van der Waals surface area contributed by atoms with Gasteiger partial charge in [0.15, 0.2) is 0 Å². The summed E-state index contributed by atoms with van der Waals surface area (Å²) in [6, 6.07) is 6.78. The van der Waals surface area contributed by atoms with Crippen LogP contribution in [0.2, 0.25) is 5.02 Å². The number of carbonyl (C=O) groups excluding carboxylic acids is 1. The molecule has 0 spiro atoms. The van der Waals surface area contributed by atoms with Crippen LogP contribution in [0.25, 0.3) is 0 Å². The Kier molecular flexibility index (Phi) is 5.37. The highest BCUT2D eigenvalue weighted by atomic mass is 35.5. The van der Waals surface area contributed by atoms with Crippen LogP contribution < -0.4 is 9.64 Å². The number of anilines is 1. The van der Waals surface area contributed by atoms with E-state index >= 15 is 0 Å².